The predicted octanol–water partition coefficient (Wildman–Crippen LogP) is 4.96. The van der Waals surface area contributed by atoms with Gasteiger partial charge in [-0.1, -0.05) is 29.8 Å². The summed E-state index contributed by atoms with van der Waals surface area (Å²) in [6, 6.07) is 6.05. The van der Waals surface area contributed by atoms with Gasteiger partial charge in [0.2, 0.25) is 12.3 Å². The van der Waals surface area contributed by atoms with E-state index < -0.39 is 5.82 Å². The fourth-order valence-electron chi connectivity index (χ4n) is 4.62. The minimum atomic E-state index is -0.448. The van der Waals surface area contributed by atoms with Crippen LogP contribution >= 0.6 is 35.0 Å². The standard InChI is InChI=1S/C25H25Cl2FN4O2S/c1-4-21(34)30-7-8-32(15(2)13-30)25(29-3)18-12-19(27)22(17-11-16(26)5-6-20(17)28)24-23(18)31(14-33)9-10-35-24/h4-6,11-12,14-15H,1,7-10,13H2,2-3H3. The number of amidine groups is 1. The number of fused-ring (bicyclic) bond motifs is 1. The number of aliphatic imine (C=N–C) groups is 1. The Morgan fingerprint density at radius 2 is 2.03 bits per heavy atom. The summed E-state index contributed by atoms with van der Waals surface area (Å²) < 4.78 is 14.9. The van der Waals surface area contributed by atoms with E-state index in [-0.39, 0.29) is 17.5 Å². The van der Waals surface area contributed by atoms with Gasteiger partial charge in [-0.15, -0.1) is 11.8 Å². The molecule has 1 unspecified atom stereocenters. The molecule has 1 atom stereocenters. The highest BCUT2D eigenvalue weighted by molar-refractivity contribution is 7.99. The Morgan fingerprint density at radius 3 is 2.69 bits per heavy atom. The first-order valence-corrected chi connectivity index (χ1v) is 12.9. The molecular weight excluding hydrogens is 510 g/mol. The molecule has 2 amide bonds. The average molecular weight is 535 g/mol. The van der Waals surface area contributed by atoms with Gasteiger partial charge in [-0.3, -0.25) is 14.6 Å². The highest BCUT2D eigenvalue weighted by Crippen LogP contribution is 2.48. The van der Waals surface area contributed by atoms with Crippen molar-refractivity contribution in [2.75, 3.05) is 43.9 Å². The van der Waals surface area contributed by atoms with Crippen LogP contribution in [0.4, 0.5) is 10.1 Å². The van der Waals surface area contributed by atoms with E-state index in [0.29, 0.717) is 69.5 Å². The van der Waals surface area contributed by atoms with Gasteiger partial charge in [0.05, 0.1) is 10.7 Å². The monoisotopic (exact) mass is 534 g/mol. The molecule has 0 aliphatic carbocycles. The van der Waals surface area contributed by atoms with Gasteiger partial charge in [0.25, 0.3) is 0 Å². The molecule has 184 valence electrons. The smallest absolute Gasteiger partial charge is 0.246 e. The van der Waals surface area contributed by atoms with Crippen LogP contribution in [0.2, 0.25) is 10.0 Å². The van der Waals surface area contributed by atoms with Gasteiger partial charge in [-0.05, 0) is 37.3 Å². The predicted molar refractivity (Wildman–Crippen MR) is 141 cm³/mol. The van der Waals surface area contributed by atoms with Crippen molar-refractivity contribution in [3.05, 3.63) is 58.3 Å². The molecule has 4 rings (SSSR count). The van der Waals surface area contributed by atoms with Crippen molar-refractivity contribution >= 4 is 58.8 Å². The third-order valence-corrected chi connectivity index (χ3v) is 7.84. The molecule has 2 aromatic rings. The van der Waals surface area contributed by atoms with Crippen LogP contribution in [0.3, 0.4) is 0 Å². The number of rotatable bonds is 4. The van der Waals surface area contributed by atoms with Crippen LogP contribution in [0.15, 0.2) is 46.8 Å². The summed E-state index contributed by atoms with van der Waals surface area (Å²) in [5, 5.41) is 0.731. The van der Waals surface area contributed by atoms with E-state index in [9.17, 15) is 14.0 Å². The fourth-order valence-corrected chi connectivity index (χ4v) is 6.37. The number of benzene rings is 2. The third kappa shape index (κ3) is 4.79. The summed E-state index contributed by atoms with van der Waals surface area (Å²) in [6.45, 7) is 7.68. The Hall–Kier alpha value is -2.55. The normalized spacial score (nSPS) is 18.4. The first-order chi connectivity index (χ1) is 16.8. The van der Waals surface area contributed by atoms with Gasteiger partial charge in [-0.25, -0.2) is 4.39 Å². The largest absolute Gasteiger partial charge is 0.350 e. The molecular formula is C25H25Cl2FN4O2S. The average Bonchev–Trinajstić information content (AvgIpc) is 2.86. The van der Waals surface area contributed by atoms with Crippen molar-refractivity contribution in [1.29, 1.82) is 0 Å². The zero-order valence-electron chi connectivity index (χ0n) is 19.4. The second kappa shape index (κ2) is 10.6. The molecule has 10 heteroatoms. The Balaban J connectivity index is 1.86. The number of carbonyl (C=O) groups excluding carboxylic acids is 2. The van der Waals surface area contributed by atoms with E-state index in [0.717, 1.165) is 6.41 Å². The number of hydrogen-bond acceptors (Lipinski definition) is 4. The maximum Gasteiger partial charge on any atom is 0.246 e. The van der Waals surface area contributed by atoms with Crippen LogP contribution in [-0.2, 0) is 9.59 Å². The summed E-state index contributed by atoms with van der Waals surface area (Å²) in [5.41, 5.74) is 2.12. The van der Waals surface area contributed by atoms with Crippen LogP contribution < -0.4 is 4.90 Å². The Morgan fingerprint density at radius 1 is 1.26 bits per heavy atom. The summed E-state index contributed by atoms with van der Waals surface area (Å²) in [4.78, 5) is 35.0. The molecule has 0 saturated carbocycles. The fraction of sp³-hybridized carbons (Fsp3) is 0.320. The van der Waals surface area contributed by atoms with Crippen LogP contribution in [0, 0.1) is 5.82 Å². The van der Waals surface area contributed by atoms with Gasteiger partial charge >= 0.3 is 0 Å². The minimum absolute atomic E-state index is 0.0354. The summed E-state index contributed by atoms with van der Waals surface area (Å²) >= 11 is 14.5. The van der Waals surface area contributed by atoms with Crippen LogP contribution in [0.5, 0.6) is 0 Å². The topological polar surface area (TPSA) is 56.2 Å². The van der Waals surface area contributed by atoms with Crippen molar-refractivity contribution in [3.63, 3.8) is 0 Å². The first-order valence-electron chi connectivity index (χ1n) is 11.1. The maximum absolute atomic E-state index is 14.9. The van der Waals surface area contributed by atoms with Gasteiger partial charge in [0.15, 0.2) is 0 Å². The zero-order valence-corrected chi connectivity index (χ0v) is 21.8. The van der Waals surface area contributed by atoms with Gasteiger partial charge in [0, 0.05) is 71.6 Å². The lowest BCUT2D eigenvalue weighted by Crippen LogP contribution is -2.55. The van der Waals surface area contributed by atoms with Crippen molar-refractivity contribution in [2.24, 2.45) is 4.99 Å². The molecule has 1 fully saturated rings. The second-order valence-electron chi connectivity index (χ2n) is 8.31. The molecule has 0 aromatic heterocycles. The summed E-state index contributed by atoms with van der Waals surface area (Å²) in [7, 11) is 1.69. The molecule has 0 spiro atoms. The van der Waals surface area contributed by atoms with E-state index in [1.807, 2.05) is 6.92 Å². The van der Waals surface area contributed by atoms with E-state index in [2.05, 4.69) is 16.5 Å². The van der Waals surface area contributed by atoms with E-state index in [1.165, 1.54) is 30.0 Å². The van der Waals surface area contributed by atoms with E-state index in [1.54, 1.807) is 29.0 Å². The van der Waals surface area contributed by atoms with Crippen molar-refractivity contribution < 1.29 is 14.0 Å². The van der Waals surface area contributed by atoms with Gasteiger partial charge in [-0.2, -0.15) is 0 Å². The molecule has 2 aliphatic heterocycles. The number of thioether (sulfide) groups is 1. The Kier molecular flexibility index (Phi) is 7.73. The molecule has 2 aromatic carbocycles. The van der Waals surface area contributed by atoms with Crippen molar-refractivity contribution in [3.8, 4) is 11.1 Å². The number of hydrogen-bond donors (Lipinski definition) is 0. The van der Waals surface area contributed by atoms with Crippen LogP contribution in [-0.4, -0.2) is 73.0 Å². The molecule has 1 saturated heterocycles. The van der Waals surface area contributed by atoms with Crippen molar-refractivity contribution in [1.82, 2.24) is 9.80 Å². The Bertz CT molecular complexity index is 1220. The van der Waals surface area contributed by atoms with Gasteiger partial charge < -0.3 is 14.7 Å². The number of halogens is 3. The molecule has 0 radical (unpaired) electrons. The number of anilines is 1. The summed E-state index contributed by atoms with van der Waals surface area (Å²) in [6.07, 6.45) is 2.10. The molecule has 0 N–H and O–H groups in total. The SMILES string of the molecule is C=CC(=O)N1CCN(C(=NC)c2cc(Cl)c(-c3cc(Cl)ccc3F)c3c2N(C=O)CCS3)C(C)C1. The minimum Gasteiger partial charge on any atom is -0.350 e. The second-order valence-corrected chi connectivity index (χ2v) is 10.3. The number of amides is 2. The Labute approximate surface area is 218 Å². The number of nitrogens with zero attached hydrogens (tertiary/aromatic N) is 4. The third-order valence-electron chi connectivity index (χ3n) is 6.24. The number of piperazine rings is 1. The molecule has 2 aliphatic rings. The van der Waals surface area contributed by atoms with E-state index in [4.69, 9.17) is 23.2 Å². The molecule has 35 heavy (non-hydrogen) atoms. The lowest BCUT2D eigenvalue weighted by atomic mass is 9.98. The summed E-state index contributed by atoms with van der Waals surface area (Å²) in [5.74, 6) is 0.742. The zero-order chi connectivity index (χ0) is 25.3. The maximum atomic E-state index is 14.9. The first kappa shape index (κ1) is 25.5. The lowest BCUT2D eigenvalue weighted by Gasteiger charge is -2.42. The molecule has 6 nitrogen and oxygen atoms in total. The van der Waals surface area contributed by atoms with Gasteiger partial charge in [0.1, 0.15) is 11.7 Å². The lowest BCUT2D eigenvalue weighted by molar-refractivity contribution is -0.128. The van der Waals surface area contributed by atoms with E-state index >= 15 is 0 Å². The highest BCUT2D eigenvalue weighted by atomic mass is 35.5. The molecule has 2 heterocycles. The number of carbonyl (C=O) groups is 2. The van der Waals surface area contributed by atoms with Crippen LogP contribution in [0.1, 0.15) is 12.5 Å². The highest BCUT2D eigenvalue weighted by Gasteiger charge is 2.34. The van der Waals surface area contributed by atoms with Crippen LogP contribution in [0.25, 0.3) is 11.1 Å². The van der Waals surface area contributed by atoms with Crippen molar-refractivity contribution in [2.45, 2.75) is 17.9 Å². The quantitative estimate of drug-likeness (QED) is 0.240. The molecule has 0 bridgehead atoms.